The Bertz CT molecular complexity index is 612. The second kappa shape index (κ2) is 6.57. The number of aromatic nitrogens is 1. The van der Waals surface area contributed by atoms with Crippen LogP contribution >= 0.6 is 0 Å². The Kier molecular flexibility index (Phi) is 4.12. The summed E-state index contributed by atoms with van der Waals surface area (Å²) in [7, 11) is 0. The molecule has 1 aromatic heterocycles. The van der Waals surface area contributed by atoms with Gasteiger partial charge in [0.2, 0.25) is 0 Å². The van der Waals surface area contributed by atoms with Crippen molar-refractivity contribution in [3.05, 3.63) is 90.8 Å². The molecule has 0 radical (unpaired) electrons. The summed E-state index contributed by atoms with van der Waals surface area (Å²) in [6, 6.07) is 24.5. The molecule has 0 bridgehead atoms. The molecule has 0 aliphatic carbocycles. The molecular formula is C18H17N3. The SMILES string of the molecule is c1ccc(NN(Cc2ccncc2)c2ccccc2)cc1. The van der Waals surface area contributed by atoms with E-state index in [1.807, 2.05) is 60.9 Å². The van der Waals surface area contributed by atoms with Gasteiger partial charge < -0.3 is 0 Å². The first-order valence-corrected chi connectivity index (χ1v) is 6.95. The minimum atomic E-state index is 0.765. The van der Waals surface area contributed by atoms with E-state index in [4.69, 9.17) is 0 Å². The highest BCUT2D eigenvalue weighted by atomic mass is 15.5. The molecule has 3 heteroatoms. The van der Waals surface area contributed by atoms with Crippen molar-refractivity contribution in [2.75, 3.05) is 10.4 Å². The molecule has 21 heavy (non-hydrogen) atoms. The third kappa shape index (κ3) is 3.60. The number of benzene rings is 2. The van der Waals surface area contributed by atoms with Gasteiger partial charge in [0, 0.05) is 12.4 Å². The molecule has 0 saturated carbocycles. The molecule has 0 unspecified atom stereocenters. The van der Waals surface area contributed by atoms with E-state index in [1.165, 1.54) is 5.56 Å². The van der Waals surface area contributed by atoms with Gasteiger partial charge in [0.15, 0.2) is 0 Å². The Hall–Kier alpha value is -2.81. The monoisotopic (exact) mass is 275 g/mol. The molecule has 3 aromatic rings. The summed E-state index contributed by atoms with van der Waals surface area (Å²) >= 11 is 0. The maximum absolute atomic E-state index is 4.07. The van der Waals surface area contributed by atoms with Gasteiger partial charge in [-0.05, 0) is 42.0 Å². The van der Waals surface area contributed by atoms with Crippen molar-refractivity contribution < 1.29 is 0 Å². The van der Waals surface area contributed by atoms with Crippen molar-refractivity contribution in [3.63, 3.8) is 0 Å². The van der Waals surface area contributed by atoms with Crippen LogP contribution in [0.1, 0.15) is 5.56 Å². The second-order valence-corrected chi connectivity index (χ2v) is 4.75. The molecular weight excluding hydrogens is 258 g/mol. The predicted molar refractivity (Wildman–Crippen MR) is 86.9 cm³/mol. The van der Waals surface area contributed by atoms with E-state index in [-0.39, 0.29) is 0 Å². The zero-order valence-electron chi connectivity index (χ0n) is 11.7. The standard InChI is InChI=1S/C18H17N3/c1-3-7-17(8-4-1)20-21(18-9-5-2-6-10-18)15-16-11-13-19-14-12-16/h1-14,20H,15H2. The van der Waals surface area contributed by atoms with Crippen molar-refractivity contribution in [1.29, 1.82) is 0 Å². The molecule has 0 atom stereocenters. The van der Waals surface area contributed by atoms with Crippen LogP contribution in [0.5, 0.6) is 0 Å². The minimum absolute atomic E-state index is 0.765. The zero-order chi connectivity index (χ0) is 14.3. The molecule has 0 amide bonds. The van der Waals surface area contributed by atoms with E-state index in [1.54, 1.807) is 0 Å². The molecule has 0 aliphatic rings. The van der Waals surface area contributed by atoms with Crippen LogP contribution < -0.4 is 10.4 Å². The first-order chi connectivity index (χ1) is 10.4. The Balaban J connectivity index is 1.84. The molecule has 0 spiro atoms. The number of rotatable bonds is 5. The maximum atomic E-state index is 4.07. The predicted octanol–water partition coefficient (Wildman–Crippen LogP) is 4.12. The van der Waals surface area contributed by atoms with Gasteiger partial charge in [-0.2, -0.15) is 0 Å². The molecule has 0 saturated heterocycles. The first kappa shape index (κ1) is 13.2. The summed E-state index contributed by atoms with van der Waals surface area (Å²) in [5, 5.41) is 2.13. The lowest BCUT2D eigenvalue weighted by atomic mass is 10.2. The van der Waals surface area contributed by atoms with Gasteiger partial charge >= 0.3 is 0 Å². The van der Waals surface area contributed by atoms with E-state index in [2.05, 4.69) is 39.7 Å². The van der Waals surface area contributed by atoms with Crippen LogP contribution in [0, 0.1) is 0 Å². The third-order valence-electron chi connectivity index (χ3n) is 3.20. The van der Waals surface area contributed by atoms with Gasteiger partial charge in [-0.3, -0.25) is 15.4 Å². The minimum Gasteiger partial charge on any atom is -0.298 e. The summed E-state index contributed by atoms with van der Waals surface area (Å²) in [5.74, 6) is 0. The lowest BCUT2D eigenvalue weighted by molar-refractivity contribution is 0.903. The maximum Gasteiger partial charge on any atom is 0.0645 e. The van der Waals surface area contributed by atoms with Crippen LogP contribution in [0.2, 0.25) is 0 Å². The highest BCUT2D eigenvalue weighted by Crippen LogP contribution is 2.18. The number of para-hydroxylation sites is 2. The Morgan fingerprint density at radius 2 is 1.38 bits per heavy atom. The number of nitrogens with one attached hydrogen (secondary N) is 1. The summed E-state index contributed by atoms with van der Waals surface area (Å²) in [6.07, 6.45) is 3.64. The topological polar surface area (TPSA) is 28.2 Å². The van der Waals surface area contributed by atoms with E-state index >= 15 is 0 Å². The van der Waals surface area contributed by atoms with E-state index in [0.717, 1.165) is 17.9 Å². The molecule has 1 N–H and O–H groups in total. The van der Waals surface area contributed by atoms with Gasteiger partial charge in [-0.15, -0.1) is 0 Å². The summed E-state index contributed by atoms with van der Waals surface area (Å²) in [4.78, 5) is 4.07. The van der Waals surface area contributed by atoms with Crippen LogP contribution in [-0.4, -0.2) is 4.98 Å². The van der Waals surface area contributed by atoms with Crippen LogP contribution in [0.3, 0.4) is 0 Å². The Morgan fingerprint density at radius 1 is 0.762 bits per heavy atom. The van der Waals surface area contributed by atoms with Crippen molar-refractivity contribution in [2.24, 2.45) is 0 Å². The van der Waals surface area contributed by atoms with Crippen LogP contribution in [0.25, 0.3) is 0 Å². The van der Waals surface area contributed by atoms with Gasteiger partial charge in [0.25, 0.3) is 0 Å². The fourth-order valence-corrected chi connectivity index (χ4v) is 2.14. The van der Waals surface area contributed by atoms with Gasteiger partial charge in [0.1, 0.15) is 0 Å². The van der Waals surface area contributed by atoms with Crippen LogP contribution in [-0.2, 0) is 6.54 Å². The van der Waals surface area contributed by atoms with Crippen molar-refractivity contribution in [1.82, 2.24) is 4.98 Å². The third-order valence-corrected chi connectivity index (χ3v) is 3.20. The number of anilines is 2. The highest BCUT2D eigenvalue weighted by molar-refractivity contribution is 5.55. The van der Waals surface area contributed by atoms with E-state index in [0.29, 0.717) is 0 Å². The van der Waals surface area contributed by atoms with Crippen molar-refractivity contribution in [3.8, 4) is 0 Å². The lowest BCUT2D eigenvalue weighted by Gasteiger charge is -2.26. The second-order valence-electron chi connectivity index (χ2n) is 4.75. The normalized spacial score (nSPS) is 10.1. The summed E-state index contributed by atoms with van der Waals surface area (Å²) < 4.78 is 0. The average Bonchev–Trinajstić information content (AvgIpc) is 2.57. The smallest absolute Gasteiger partial charge is 0.0645 e. The van der Waals surface area contributed by atoms with Crippen LogP contribution in [0.4, 0.5) is 11.4 Å². The highest BCUT2D eigenvalue weighted by Gasteiger charge is 2.07. The Morgan fingerprint density at radius 3 is 2.05 bits per heavy atom. The first-order valence-electron chi connectivity index (χ1n) is 6.95. The molecule has 104 valence electrons. The largest absolute Gasteiger partial charge is 0.298 e. The lowest BCUT2D eigenvalue weighted by Crippen LogP contribution is -2.29. The van der Waals surface area contributed by atoms with Gasteiger partial charge in [0.05, 0.1) is 17.9 Å². The van der Waals surface area contributed by atoms with Gasteiger partial charge in [-0.25, -0.2) is 0 Å². The number of hydrogen-bond donors (Lipinski definition) is 1. The quantitative estimate of drug-likeness (QED) is 0.710. The molecule has 0 aliphatic heterocycles. The number of nitrogens with zero attached hydrogens (tertiary/aromatic N) is 2. The molecule has 2 aromatic carbocycles. The Labute approximate surface area is 124 Å². The summed E-state index contributed by atoms with van der Waals surface area (Å²) in [6.45, 7) is 0.765. The molecule has 3 nitrogen and oxygen atoms in total. The number of pyridine rings is 1. The van der Waals surface area contributed by atoms with E-state index in [9.17, 15) is 0 Å². The summed E-state index contributed by atoms with van der Waals surface area (Å²) in [5.41, 5.74) is 6.85. The fourth-order valence-electron chi connectivity index (χ4n) is 2.14. The van der Waals surface area contributed by atoms with Crippen molar-refractivity contribution >= 4 is 11.4 Å². The van der Waals surface area contributed by atoms with E-state index < -0.39 is 0 Å². The fraction of sp³-hybridized carbons (Fsp3) is 0.0556. The molecule has 0 fully saturated rings. The number of hydrogen-bond acceptors (Lipinski definition) is 3. The average molecular weight is 275 g/mol. The van der Waals surface area contributed by atoms with Gasteiger partial charge in [-0.1, -0.05) is 36.4 Å². The molecule has 1 heterocycles. The van der Waals surface area contributed by atoms with Crippen LogP contribution in [0.15, 0.2) is 85.2 Å². The molecule has 3 rings (SSSR count). The number of hydrazine groups is 1. The van der Waals surface area contributed by atoms with Crippen molar-refractivity contribution in [2.45, 2.75) is 6.54 Å². The zero-order valence-corrected chi connectivity index (χ0v) is 11.7.